The maximum absolute atomic E-state index is 13.9. The number of pyridine rings is 1. The van der Waals surface area contributed by atoms with Crippen LogP contribution in [0.25, 0.3) is 0 Å². The summed E-state index contributed by atoms with van der Waals surface area (Å²) in [5, 5.41) is 3.29. The van der Waals surface area contributed by atoms with E-state index in [1.165, 1.54) is 5.56 Å². The molecule has 3 saturated heterocycles. The summed E-state index contributed by atoms with van der Waals surface area (Å²) in [7, 11) is 0. The molecule has 2 atom stereocenters. The molecule has 4 heterocycles. The van der Waals surface area contributed by atoms with Crippen LogP contribution >= 0.6 is 0 Å². The molecule has 0 bridgehead atoms. The summed E-state index contributed by atoms with van der Waals surface area (Å²) in [5.41, 5.74) is 0.869. The SMILES string of the molecule is CC(C)C[C@@H]1NC(=O)C2(CCCCCOC[C@@H]3CCCN3C1=O)CCN(Cc1ccncc1)CC2. The first-order valence-electron chi connectivity index (χ1n) is 13.8. The van der Waals surface area contributed by atoms with Crippen molar-refractivity contribution in [2.75, 3.05) is 32.8 Å². The van der Waals surface area contributed by atoms with Crippen molar-refractivity contribution in [3.05, 3.63) is 30.1 Å². The van der Waals surface area contributed by atoms with Gasteiger partial charge in [-0.2, -0.15) is 0 Å². The minimum atomic E-state index is -0.447. The fraction of sp³-hybridized carbons (Fsp3) is 0.750. The van der Waals surface area contributed by atoms with Gasteiger partial charge in [-0.05, 0) is 81.6 Å². The number of nitrogens with one attached hydrogen (secondary N) is 1. The van der Waals surface area contributed by atoms with Crippen LogP contribution in [0, 0.1) is 11.3 Å². The Morgan fingerprint density at radius 2 is 1.83 bits per heavy atom. The Labute approximate surface area is 211 Å². The quantitative estimate of drug-likeness (QED) is 0.704. The van der Waals surface area contributed by atoms with Crippen LogP contribution in [-0.2, 0) is 20.9 Å². The lowest BCUT2D eigenvalue weighted by molar-refractivity contribution is -0.143. The third-order valence-corrected chi connectivity index (χ3v) is 8.18. The van der Waals surface area contributed by atoms with Crippen molar-refractivity contribution < 1.29 is 14.3 Å². The Bertz CT molecular complexity index is 823. The number of nitrogens with zero attached hydrogens (tertiary/aromatic N) is 3. The Hall–Kier alpha value is -1.99. The van der Waals surface area contributed by atoms with Crippen LogP contribution < -0.4 is 5.32 Å². The lowest BCUT2D eigenvalue weighted by atomic mass is 9.73. The maximum atomic E-state index is 13.9. The molecular formula is C28H44N4O3. The van der Waals surface area contributed by atoms with E-state index >= 15 is 0 Å². The zero-order valence-electron chi connectivity index (χ0n) is 21.7. The smallest absolute Gasteiger partial charge is 0.245 e. The van der Waals surface area contributed by atoms with E-state index in [0.717, 1.165) is 84.2 Å². The van der Waals surface area contributed by atoms with Gasteiger partial charge in [0.2, 0.25) is 11.8 Å². The highest BCUT2D eigenvalue weighted by Gasteiger charge is 2.43. The molecular weight excluding hydrogens is 440 g/mol. The fourth-order valence-corrected chi connectivity index (χ4v) is 6.04. The first-order valence-corrected chi connectivity index (χ1v) is 13.8. The van der Waals surface area contributed by atoms with E-state index in [2.05, 4.69) is 41.2 Å². The van der Waals surface area contributed by atoms with Crippen LogP contribution in [0.1, 0.15) is 77.2 Å². The zero-order chi connectivity index (χ0) is 24.7. The topological polar surface area (TPSA) is 74.8 Å². The number of hydrogen-bond donors (Lipinski definition) is 1. The summed E-state index contributed by atoms with van der Waals surface area (Å²) in [4.78, 5) is 36.1. The largest absolute Gasteiger partial charge is 0.379 e. The second kappa shape index (κ2) is 12.3. The van der Waals surface area contributed by atoms with Crippen molar-refractivity contribution in [1.29, 1.82) is 0 Å². The van der Waals surface area contributed by atoms with Crippen molar-refractivity contribution in [2.45, 2.75) is 90.3 Å². The normalized spacial score (nSPS) is 27.0. The molecule has 3 aliphatic heterocycles. The Kier molecular flexibility index (Phi) is 9.17. The molecule has 1 aromatic rings. The van der Waals surface area contributed by atoms with Gasteiger partial charge in [-0.3, -0.25) is 19.5 Å². The molecule has 0 aromatic carbocycles. The molecule has 4 rings (SSSR count). The van der Waals surface area contributed by atoms with Gasteiger partial charge in [-0.15, -0.1) is 0 Å². The minimum absolute atomic E-state index is 0.0838. The highest BCUT2D eigenvalue weighted by molar-refractivity contribution is 5.90. The molecule has 35 heavy (non-hydrogen) atoms. The summed E-state index contributed by atoms with van der Waals surface area (Å²) in [6, 6.07) is 3.82. The number of amides is 2. The number of piperidine rings is 1. The average Bonchev–Trinajstić information content (AvgIpc) is 3.32. The Balaban J connectivity index is 1.49. The molecule has 2 amide bonds. The molecule has 3 aliphatic rings. The second-order valence-electron chi connectivity index (χ2n) is 11.3. The third kappa shape index (κ3) is 6.82. The average molecular weight is 485 g/mol. The van der Waals surface area contributed by atoms with E-state index < -0.39 is 6.04 Å². The lowest BCUT2D eigenvalue weighted by Gasteiger charge is -2.42. The number of aromatic nitrogens is 1. The molecule has 1 N–H and O–H groups in total. The van der Waals surface area contributed by atoms with Crippen molar-refractivity contribution in [3.8, 4) is 0 Å². The predicted molar refractivity (Wildman–Crippen MR) is 137 cm³/mol. The summed E-state index contributed by atoms with van der Waals surface area (Å²) in [6.45, 7) is 9.07. The molecule has 0 radical (unpaired) electrons. The van der Waals surface area contributed by atoms with E-state index in [0.29, 0.717) is 18.9 Å². The second-order valence-corrected chi connectivity index (χ2v) is 11.3. The maximum Gasteiger partial charge on any atom is 0.245 e. The van der Waals surface area contributed by atoms with Crippen LogP contribution in [0.15, 0.2) is 24.5 Å². The molecule has 0 saturated carbocycles. The Morgan fingerprint density at radius 3 is 2.57 bits per heavy atom. The molecule has 3 fully saturated rings. The van der Waals surface area contributed by atoms with Gasteiger partial charge in [0.25, 0.3) is 0 Å². The molecule has 0 aliphatic carbocycles. The summed E-state index contributed by atoms with van der Waals surface area (Å²) in [5.74, 6) is 0.517. The van der Waals surface area contributed by atoms with E-state index in [1.807, 2.05) is 17.3 Å². The molecule has 7 heteroatoms. The van der Waals surface area contributed by atoms with E-state index in [4.69, 9.17) is 4.74 Å². The molecule has 7 nitrogen and oxygen atoms in total. The molecule has 194 valence electrons. The van der Waals surface area contributed by atoms with Crippen molar-refractivity contribution in [3.63, 3.8) is 0 Å². The zero-order valence-corrected chi connectivity index (χ0v) is 21.7. The van der Waals surface area contributed by atoms with Crippen molar-refractivity contribution in [2.24, 2.45) is 11.3 Å². The van der Waals surface area contributed by atoms with E-state index in [-0.39, 0.29) is 23.3 Å². The van der Waals surface area contributed by atoms with Gasteiger partial charge in [-0.1, -0.05) is 26.7 Å². The summed E-state index contributed by atoms with van der Waals surface area (Å²) < 4.78 is 5.99. The van der Waals surface area contributed by atoms with Gasteiger partial charge in [-0.25, -0.2) is 0 Å². The number of rotatable bonds is 4. The number of fused-ring (bicyclic) bond motifs is 1. The third-order valence-electron chi connectivity index (χ3n) is 8.18. The molecule has 0 unspecified atom stereocenters. The van der Waals surface area contributed by atoms with Crippen molar-refractivity contribution in [1.82, 2.24) is 20.1 Å². The van der Waals surface area contributed by atoms with Gasteiger partial charge in [0, 0.05) is 32.1 Å². The number of carbonyl (C=O) groups is 2. The number of likely N-dealkylation sites (tertiary alicyclic amines) is 1. The summed E-state index contributed by atoms with van der Waals surface area (Å²) >= 11 is 0. The number of hydrogen-bond acceptors (Lipinski definition) is 5. The first-order chi connectivity index (χ1) is 17.0. The monoisotopic (exact) mass is 484 g/mol. The fourth-order valence-electron chi connectivity index (χ4n) is 6.04. The summed E-state index contributed by atoms with van der Waals surface area (Å²) in [6.07, 6.45) is 12.1. The van der Waals surface area contributed by atoms with Crippen LogP contribution in [-0.4, -0.2) is 71.5 Å². The van der Waals surface area contributed by atoms with Crippen LogP contribution in [0.4, 0.5) is 0 Å². The highest BCUT2D eigenvalue weighted by atomic mass is 16.5. The van der Waals surface area contributed by atoms with Crippen molar-refractivity contribution >= 4 is 11.8 Å². The van der Waals surface area contributed by atoms with E-state index in [9.17, 15) is 9.59 Å². The van der Waals surface area contributed by atoms with Gasteiger partial charge in [0.05, 0.1) is 18.1 Å². The Morgan fingerprint density at radius 1 is 1.06 bits per heavy atom. The van der Waals surface area contributed by atoms with Gasteiger partial charge < -0.3 is 15.0 Å². The molecule has 1 spiro atoms. The number of ether oxygens (including phenoxy) is 1. The van der Waals surface area contributed by atoms with Crippen LogP contribution in [0.2, 0.25) is 0 Å². The van der Waals surface area contributed by atoms with Crippen LogP contribution in [0.3, 0.4) is 0 Å². The predicted octanol–water partition coefficient (Wildman–Crippen LogP) is 3.78. The highest BCUT2D eigenvalue weighted by Crippen LogP contribution is 2.38. The van der Waals surface area contributed by atoms with Gasteiger partial charge >= 0.3 is 0 Å². The first kappa shape index (κ1) is 26.1. The van der Waals surface area contributed by atoms with E-state index in [1.54, 1.807) is 0 Å². The van der Waals surface area contributed by atoms with Crippen LogP contribution in [0.5, 0.6) is 0 Å². The lowest BCUT2D eigenvalue weighted by Crippen LogP contribution is -2.56. The standard InChI is InChI=1S/C28H44N4O3/c1-22(2)19-25-26(33)32-15-6-7-24(32)21-35-18-5-3-4-10-28(27(34)30-25)11-16-31(17-12-28)20-23-8-13-29-14-9-23/h8-9,13-14,22,24-25H,3-7,10-12,15-21H2,1-2H3,(H,30,34)/t24-,25-/m0/s1. The number of carbonyl (C=O) groups excluding carboxylic acids is 2. The molecule has 1 aromatic heterocycles. The minimum Gasteiger partial charge on any atom is -0.379 e. The van der Waals surface area contributed by atoms with Gasteiger partial charge in [0.1, 0.15) is 6.04 Å². The van der Waals surface area contributed by atoms with Gasteiger partial charge in [0.15, 0.2) is 0 Å².